The lowest BCUT2D eigenvalue weighted by Crippen LogP contribution is -2.17. The third-order valence-electron chi connectivity index (χ3n) is 3.18. The standard InChI is InChI=1S/C15H15F3N4O2/c1-8-4-5-19-13(21-8)9(2)22-12-6-11(15(16,17)18)10(7-20-12)14(23)24-3/h4-7,9H,1-3H3,(H,20,22). The monoisotopic (exact) mass is 340 g/mol. The van der Waals surface area contributed by atoms with Gasteiger partial charge in [0.15, 0.2) is 0 Å². The summed E-state index contributed by atoms with van der Waals surface area (Å²) in [6, 6.07) is 2.00. The van der Waals surface area contributed by atoms with Crippen LogP contribution in [0.1, 0.15) is 40.4 Å². The van der Waals surface area contributed by atoms with Crippen LogP contribution in [0.15, 0.2) is 24.5 Å². The van der Waals surface area contributed by atoms with Crippen LogP contribution in [-0.4, -0.2) is 28.0 Å². The number of pyridine rings is 1. The number of aryl methyl sites for hydroxylation is 1. The van der Waals surface area contributed by atoms with E-state index in [1.165, 1.54) is 0 Å². The Bertz CT molecular complexity index is 750. The molecule has 0 bridgehead atoms. The molecule has 0 spiro atoms. The molecular formula is C15H15F3N4O2. The first-order chi connectivity index (χ1) is 11.2. The van der Waals surface area contributed by atoms with Crippen molar-refractivity contribution in [3.8, 4) is 0 Å². The van der Waals surface area contributed by atoms with Gasteiger partial charge in [-0.25, -0.2) is 19.7 Å². The van der Waals surface area contributed by atoms with Gasteiger partial charge in [0.1, 0.15) is 11.6 Å². The number of hydrogen-bond acceptors (Lipinski definition) is 6. The third kappa shape index (κ3) is 3.98. The van der Waals surface area contributed by atoms with Gasteiger partial charge in [0.05, 0.1) is 24.3 Å². The summed E-state index contributed by atoms with van der Waals surface area (Å²) >= 11 is 0. The van der Waals surface area contributed by atoms with E-state index in [1.807, 2.05) is 0 Å². The molecule has 0 aliphatic carbocycles. The van der Waals surface area contributed by atoms with Gasteiger partial charge in [-0.1, -0.05) is 0 Å². The summed E-state index contributed by atoms with van der Waals surface area (Å²) in [6.07, 6.45) is -2.32. The van der Waals surface area contributed by atoms with E-state index in [4.69, 9.17) is 0 Å². The van der Waals surface area contributed by atoms with Crippen molar-refractivity contribution < 1.29 is 22.7 Å². The van der Waals surface area contributed by atoms with Gasteiger partial charge in [0, 0.05) is 18.1 Å². The van der Waals surface area contributed by atoms with Gasteiger partial charge >= 0.3 is 12.1 Å². The van der Waals surface area contributed by atoms with E-state index in [2.05, 4.69) is 25.0 Å². The van der Waals surface area contributed by atoms with E-state index in [0.29, 0.717) is 5.82 Å². The Hall–Kier alpha value is -2.71. The SMILES string of the molecule is COC(=O)c1cnc(NC(C)c2nccc(C)n2)cc1C(F)(F)F. The molecule has 24 heavy (non-hydrogen) atoms. The highest BCUT2D eigenvalue weighted by atomic mass is 19.4. The van der Waals surface area contributed by atoms with Crippen molar-refractivity contribution in [1.82, 2.24) is 15.0 Å². The number of methoxy groups -OCH3 is 1. The van der Waals surface area contributed by atoms with E-state index < -0.39 is 29.3 Å². The summed E-state index contributed by atoms with van der Waals surface area (Å²) < 4.78 is 43.8. The number of hydrogen-bond donors (Lipinski definition) is 1. The van der Waals surface area contributed by atoms with Gasteiger partial charge < -0.3 is 10.1 Å². The van der Waals surface area contributed by atoms with Crippen molar-refractivity contribution >= 4 is 11.8 Å². The molecule has 0 saturated heterocycles. The number of carbonyl (C=O) groups is 1. The number of aromatic nitrogens is 3. The number of nitrogens with one attached hydrogen (secondary N) is 1. The second kappa shape index (κ2) is 6.81. The molecule has 6 nitrogen and oxygen atoms in total. The van der Waals surface area contributed by atoms with E-state index in [9.17, 15) is 18.0 Å². The minimum Gasteiger partial charge on any atom is -0.465 e. The molecule has 1 unspecified atom stereocenters. The van der Waals surface area contributed by atoms with Crippen LogP contribution in [0.3, 0.4) is 0 Å². The molecule has 9 heteroatoms. The second-order valence-corrected chi connectivity index (χ2v) is 5.03. The number of nitrogens with zero attached hydrogens (tertiary/aromatic N) is 3. The maximum Gasteiger partial charge on any atom is 0.417 e. The first kappa shape index (κ1) is 17.6. The van der Waals surface area contributed by atoms with Crippen molar-refractivity contribution in [2.24, 2.45) is 0 Å². The molecule has 2 rings (SSSR count). The summed E-state index contributed by atoms with van der Waals surface area (Å²) in [5.41, 5.74) is -1.03. The highest BCUT2D eigenvalue weighted by Gasteiger charge is 2.36. The Morgan fingerprint density at radius 1 is 1.33 bits per heavy atom. The van der Waals surface area contributed by atoms with Crippen LogP contribution in [0.25, 0.3) is 0 Å². The topological polar surface area (TPSA) is 77.0 Å². The number of esters is 1. The first-order valence-electron chi connectivity index (χ1n) is 6.94. The maximum atomic E-state index is 13.2. The van der Waals surface area contributed by atoms with Crippen LogP contribution in [0.5, 0.6) is 0 Å². The average Bonchev–Trinajstić information content (AvgIpc) is 2.53. The van der Waals surface area contributed by atoms with Crippen molar-refractivity contribution in [2.75, 3.05) is 12.4 Å². The fourth-order valence-electron chi connectivity index (χ4n) is 2.00. The molecule has 128 valence electrons. The number of halogens is 3. The van der Waals surface area contributed by atoms with Crippen molar-refractivity contribution in [3.63, 3.8) is 0 Å². The van der Waals surface area contributed by atoms with Crippen molar-refractivity contribution in [1.29, 1.82) is 0 Å². The Morgan fingerprint density at radius 2 is 2.04 bits per heavy atom. The van der Waals surface area contributed by atoms with Gasteiger partial charge in [0.25, 0.3) is 0 Å². The van der Waals surface area contributed by atoms with Gasteiger partial charge in [-0.2, -0.15) is 13.2 Å². The summed E-state index contributed by atoms with van der Waals surface area (Å²) in [5, 5.41) is 2.79. The Balaban J connectivity index is 2.33. The molecule has 0 aliphatic heterocycles. The number of alkyl halides is 3. The zero-order chi connectivity index (χ0) is 17.9. The van der Waals surface area contributed by atoms with Crippen LogP contribution in [0.2, 0.25) is 0 Å². The average molecular weight is 340 g/mol. The summed E-state index contributed by atoms with van der Waals surface area (Å²) in [6.45, 7) is 3.47. The minimum atomic E-state index is -4.72. The molecule has 0 amide bonds. The lowest BCUT2D eigenvalue weighted by molar-refractivity contribution is -0.138. The Labute approximate surface area is 136 Å². The molecule has 1 atom stereocenters. The fourth-order valence-corrected chi connectivity index (χ4v) is 2.00. The second-order valence-electron chi connectivity index (χ2n) is 5.03. The predicted molar refractivity (Wildman–Crippen MR) is 79.4 cm³/mol. The molecule has 0 radical (unpaired) electrons. The largest absolute Gasteiger partial charge is 0.465 e. The quantitative estimate of drug-likeness (QED) is 0.862. The van der Waals surface area contributed by atoms with Crippen molar-refractivity contribution in [3.05, 3.63) is 47.2 Å². The van der Waals surface area contributed by atoms with Gasteiger partial charge in [-0.05, 0) is 26.0 Å². The Morgan fingerprint density at radius 3 is 2.62 bits per heavy atom. The highest BCUT2D eigenvalue weighted by molar-refractivity contribution is 5.91. The first-order valence-corrected chi connectivity index (χ1v) is 6.94. The molecule has 0 saturated carbocycles. The lowest BCUT2D eigenvalue weighted by atomic mass is 10.1. The van der Waals surface area contributed by atoms with Crippen LogP contribution in [0.4, 0.5) is 19.0 Å². The number of rotatable bonds is 4. The van der Waals surface area contributed by atoms with Crippen LogP contribution in [-0.2, 0) is 10.9 Å². The predicted octanol–water partition coefficient (Wildman–Crippen LogP) is 3.16. The van der Waals surface area contributed by atoms with E-state index >= 15 is 0 Å². The van der Waals surface area contributed by atoms with Crippen LogP contribution < -0.4 is 5.32 Å². The van der Waals surface area contributed by atoms with Crippen molar-refractivity contribution in [2.45, 2.75) is 26.1 Å². The molecule has 2 aromatic heterocycles. The molecule has 0 aromatic carbocycles. The zero-order valence-electron chi connectivity index (χ0n) is 13.2. The van der Waals surface area contributed by atoms with Crippen LogP contribution in [0, 0.1) is 6.92 Å². The van der Waals surface area contributed by atoms with Gasteiger partial charge in [-0.15, -0.1) is 0 Å². The minimum absolute atomic E-state index is 0.0485. The molecule has 2 aromatic rings. The van der Waals surface area contributed by atoms with E-state index in [0.717, 1.165) is 25.1 Å². The Kier molecular flexibility index (Phi) is 5.01. The highest BCUT2D eigenvalue weighted by Crippen LogP contribution is 2.33. The smallest absolute Gasteiger partial charge is 0.417 e. The number of anilines is 1. The number of carbonyl (C=O) groups excluding carboxylic acids is 1. The molecule has 2 heterocycles. The van der Waals surface area contributed by atoms with Gasteiger partial charge in [0.2, 0.25) is 0 Å². The normalized spacial score (nSPS) is 12.6. The van der Waals surface area contributed by atoms with E-state index in [1.54, 1.807) is 26.1 Å². The molecule has 0 aliphatic rings. The maximum absolute atomic E-state index is 13.2. The lowest BCUT2D eigenvalue weighted by Gasteiger charge is -2.16. The molecule has 1 N–H and O–H groups in total. The zero-order valence-corrected chi connectivity index (χ0v) is 13.2. The summed E-state index contributed by atoms with van der Waals surface area (Å²) in [5.74, 6) is -0.730. The third-order valence-corrected chi connectivity index (χ3v) is 3.18. The number of ether oxygens (including phenoxy) is 1. The summed E-state index contributed by atoms with van der Waals surface area (Å²) in [4.78, 5) is 23.6. The summed E-state index contributed by atoms with van der Waals surface area (Å²) in [7, 11) is 1.01. The van der Waals surface area contributed by atoms with E-state index in [-0.39, 0.29) is 5.82 Å². The fraction of sp³-hybridized carbons (Fsp3) is 0.333. The molecular weight excluding hydrogens is 325 g/mol. The molecule has 0 fully saturated rings. The van der Waals surface area contributed by atoms with Gasteiger partial charge in [-0.3, -0.25) is 0 Å². The van der Waals surface area contributed by atoms with Crippen LogP contribution >= 0.6 is 0 Å².